The molecule has 1 aromatic carbocycles. The summed E-state index contributed by atoms with van der Waals surface area (Å²) in [6.07, 6.45) is -6.93. The van der Waals surface area contributed by atoms with E-state index in [4.69, 9.17) is 19.2 Å². The lowest BCUT2D eigenvalue weighted by molar-refractivity contribution is -0.143. The van der Waals surface area contributed by atoms with Gasteiger partial charge in [0.05, 0.1) is 43.6 Å². The largest absolute Gasteiger partial charge is 0.496 e. The summed E-state index contributed by atoms with van der Waals surface area (Å²) in [6.45, 7) is 4.83. The van der Waals surface area contributed by atoms with E-state index in [9.17, 15) is 35.9 Å². The van der Waals surface area contributed by atoms with Gasteiger partial charge in [-0.15, -0.1) is 11.3 Å². The zero-order valence-corrected chi connectivity index (χ0v) is 28.3. The number of rotatable bonds is 8. The molecule has 3 atom stereocenters. The zero-order chi connectivity index (χ0) is 36.1. The summed E-state index contributed by atoms with van der Waals surface area (Å²) < 4.78 is 98.0. The number of aromatic nitrogens is 1. The molecule has 8 nitrogen and oxygen atoms in total. The lowest BCUT2D eigenvalue weighted by Gasteiger charge is -2.33. The molecule has 2 aliphatic heterocycles. The molecule has 0 spiro atoms. The van der Waals surface area contributed by atoms with Crippen LogP contribution in [0.2, 0.25) is 0 Å². The fourth-order valence-corrected chi connectivity index (χ4v) is 7.58. The molecule has 2 fully saturated rings. The molecule has 2 saturated heterocycles. The smallest absolute Gasteiger partial charge is 0.416 e. The number of methoxy groups -OCH3 is 2. The van der Waals surface area contributed by atoms with E-state index < -0.39 is 53.3 Å². The van der Waals surface area contributed by atoms with E-state index in [1.807, 2.05) is 31.2 Å². The Hall–Kier alpha value is -4.53. The van der Waals surface area contributed by atoms with Crippen molar-refractivity contribution < 1.29 is 50.1 Å². The number of alkyl halides is 6. The highest BCUT2D eigenvalue weighted by atomic mass is 32.1. The van der Waals surface area contributed by atoms with Gasteiger partial charge in [-0.3, -0.25) is 4.90 Å². The van der Waals surface area contributed by atoms with Crippen molar-refractivity contribution in [3.63, 3.8) is 0 Å². The number of halogens is 6. The Kier molecular flexibility index (Phi) is 9.39. The number of cyclic esters (lactones) is 1. The monoisotopic (exact) mass is 721 g/mol. The van der Waals surface area contributed by atoms with Gasteiger partial charge in [0.2, 0.25) is 0 Å². The molecule has 3 aromatic rings. The van der Waals surface area contributed by atoms with Crippen LogP contribution in [-0.2, 0) is 33.1 Å². The summed E-state index contributed by atoms with van der Waals surface area (Å²) in [5.41, 5.74) is -0.750. The van der Waals surface area contributed by atoms with Crippen molar-refractivity contribution in [2.75, 3.05) is 32.2 Å². The van der Waals surface area contributed by atoms with Crippen LogP contribution in [0.1, 0.15) is 79.8 Å². The SMILES string of the molecule is COC(=O)c1cc(C)c(C2C=C(c3ccc(N4CCC4)nc3CN3C(=O)O[C@H](c4cc(C(F)(F)F)cc(C(F)(F)F)c4)[C@@H]3C)C(OC)=CC2)s1. The van der Waals surface area contributed by atoms with E-state index in [1.54, 1.807) is 6.07 Å². The molecule has 0 bridgehead atoms. The number of hydrogen-bond acceptors (Lipinski definition) is 8. The van der Waals surface area contributed by atoms with Gasteiger partial charge in [0.15, 0.2) is 0 Å². The van der Waals surface area contributed by atoms with Gasteiger partial charge in [-0.2, -0.15) is 26.3 Å². The number of carbonyl (C=O) groups excluding carboxylic acids is 2. The number of ether oxygens (including phenoxy) is 3. The predicted octanol–water partition coefficient (Wildman–Crippen LogP) is 8.67. The lowest BCUT2D eigenvalue weighted by Crippen LogP contribution is -2.38. The molecule has 266 valence electrons. The Morgan fingerprint density at radius 2 is 1.72 bits per heavy atom. The maximum atomic E-state index is 13.7. The second-order valence-corrected chi connectivity index (χ2v) is 13.4. The first-order valence-electron chi connectivity index (χ1n) is 15.8. The van der Waals surface area contributed by atoms with E-state index in [2.05, 4.69) is 4.90 Å². The number of allylic oxidation sites excluding steroid dienone is 3. The first-order chi connectivity index (χ1) is 23.6. The molecular formula is C35H33F6N3O5S. The Bertz CT molecular complexity index is 1850. The van der Waals surface area contributed by atoms with Gasteiger partial charge >= 0.3 is 24.4 Å². The van der Waals surface area contributed by atoms with E-state index in [-0.39, 0.29) is 18.5 Å². The number of pyridine rings is 1. The molecule has 15 heteroatoms. The molecule has 2 aromatic heterocycles. The third-order valence-electron chi connectivity index (χ3n) is 9.17. The number of aryl methyl sites for hydroxylation is 1. The van der Waals surface area contributed by atoms with Crippen molar-refractivity contribution in [3.05, 3.63) is 97.6 Å². The second kappa shape index (κ2) is 13.3. The highest BCUT2D eigenvalue weighted by Crippen LogP contribution is 2.44. The average Bonchev–Trinajstić information content (AvgIpc) is 3.57. The molecule has 0 N–H and O–H groups in total. The van der Waals surface area contributed by atoms with Crippen LogP contribution in [0.3, 0.4) is 0 Å². The molecule has 1 aliphatic carbocycles. The summed E-state index contributed by atoms with van der Waals surface area (Å²) in [5.74, 6) is 0.642. The van der Waals surface area contributed by atoms with Crippen LogP contribution in [0, 0.1) is 6.92 Å². The van der Waals surface area contributed by atoms with Crippen LogP contribution in [-0.4, -0.2) is 55.3 Å². The molecule has 1 unspecified atom stereocenters. The Morgan fingerprint density at radius 1 is 1.04 bits per heavy atom. The molecular weight excluding hydrogens is 688 g/mol. The Balaban J connectivity index is 1.38. The van der Waals surface area contributed by atoms with Gasteiger partial charge in [-0.05, 0) is 80.3 Å². The number of nitrogens with zero attached hydrogens (tertiary/aromatic N) is 3. The number of benzene rings is 1. The Labute approximate surface area is 287 Å². The standard InChI is InChI=1S/C35H33F6N3O5S/c1-18-12-28(32(45)48-4)50-31(18)20-6-8-27(47-3)25(15-20)24-7-9-29(43-10-5-11-43)42-26(24)17-44-19(2)30(49-33(44)46)21-13-22(34(36,37)38)16-23(14-21)35(39,40)41/h7-9,12-16,19-20,30H,5-6,10-11,17H2,1-4H3/t19-,20?,30-/m0/s1. The zero-order valence-electron chi connectivity index (χ0n) is 27.4. The van der Waals surface area contributed by atoms with Crippen molar-refractivity contribution in [3.8, 4) is 0 Å². The van der Waals surface area contributed by atoms with Crippen molar-refractivity contribution in [2.45, 2.75) is 63.7 Å². The summed E-state index contributed by atoms with van der Waals surface area (Å²) >= 11 is 1.33. The van der Waals surface area contributed by atoms with Crippen LogP contribution in [0.15, 0.2) is 54.3 Å². The number of carbonyl (C=O) groups is 2. The first-order valence-corrected chi connectivity index (χ1v) is 16.6. The number of thiophene rings is 1. The number of esters is 1. The molecule has 4 heterocycles. The quantitative estimate of drug-likeness (QED) is 0.170. The highest BCUT2D eigenvalue weighted by Gasteiger charge is 2.44. The maximum absolute atomic E-state index is 13.7. The summed E-state index contributed by atoms with van der Waals surface area (Å²) in [4.78, 5) is 35.2. The molecule has 1 amide bonds. The minimum absolute atomic E-state index is 0.0419. The van der Waals surface area contributed by atoms with Crippen LogP contribution in [0.4, 0.5) is 37.0 Å². The first kappa shape index (κ1) is 35.3. The fourth-order valence-electron chi connectivity index (χ4n) is 6.40. The Morgan fingerprint density at radius 3 is 2.30 bits per heavy atom. The van der Waals surface area contributed by atoms with Gasteiger partial charge in [0.25, 0.3) is 0 Å². The third-order valence-corrected chi connectivity index (χ3v) is 10.5. The predicted molar refractivity (Wildman–Crippen MR) is 173 cm³/mol. The number of hydrogen-bond donors (Lipinski definition) is 0. The number of anilines is 1. The van der Waals surface area contributed by atoms with Crippen molar-refractivity contribution >= 4 is 34.8 Å². The number of amides is 1. The highest BCUT2D eigenvalue weighted by molar-refractivity contribution is 7.14. The maximum Gasteiger partial charge on any atom is 0.416 e. The van der Waals surface area contributed by atoms with Crippen molar-refractivity contribution in [1.29, 1.82) is 0 Å². The van der Waals surface area contributed by atoms with Gasteiger partial charge in [-0.25, -0.2) is 14.6 Å². The van der Waals surface area contributed by atoms with Crippen LogP contribution < -0.4 is 4.90 Å². The van der Waals surface area contributed by atoms with E-state index >= 15 is 0 Å². The van der Waals surface area contributed by atoms with Gasteiger partial charge < -0.3 is 19.1 Å². The van der Waals surface area contributed by atoms with E-state index in [0.29, 0.717) is 51.8 Å². The van der Waals surface area contributed by atoms with Gasteiger partial charge in [-0.1, -0.05) is 6.08 Å². The fraction of sp³-hybridized carbons (Fsp3) is 0.400. The minimum atomic E-state index is -5.06. The van der Waals surface area contributed by atoms with E-state index in [0.717, 1.165) is 30.0 Å². The summed E-state index contributed by atoms with van der Waals surface area (Å²) in [5, 5.41) is 0. The normalized spacial score (nSPS) is 21.0. The summed E-state index contributed by atoms with van der Waals surface area (Å²) in [7, 11) is 2.85. The van der Waals surface area contributed by atoms with Crippen LogP contribution in [0.5, 0.6) is 0 Å². The topological polar surface area (TPSA) is 81.2 Å². The summed E-state index contributed by atoms with van der Waals surface area (Å²) in [6, 6.07) is 5.76. The second-order valence-electron chi connectivity index (χ2n) is 12.4. The molecule has 6 rings (SSSR count). The molecule has 0 saturated carbocycles. The van der Waals surface area contributed by atoms with Crippen LogP contribution >= 0.6 is 11.3 Å². The van der Waals surface area contributed by atoms with Gasteiger partial charge in [0, 0.05) is 35.0 Å². The van der Waals surface area contributed by atoms with Crippen molar-refractivity contribution in [2.24, 2.45) is 0 Å². The lowest BCUT2D eigenvalue weighted by atomic mass is 9.88. The van der Waals surface area contributed by atoms with Crippen LogP contribution in [0.25, 0.3) is 5.57 Å². The molecule has 0 radical (unpaired) electrons. The molecule has 50 heavy (non-hydrogen) atoms. The van der Waals surface area contributed by atoms with E-state index in [1.165, 1.54) is 37.4 Å². The average molecular weight is 722 g/mol. The third kappa shape index (κ3) is 6.79. The van der Waals surface area contributed by atoms with Crippen molar-refractivity contribution in [1.82, 2.24) is 9.88 Å². The molecule has 3 aliphatic rings. The van der Waals surface area contributed by atoms with Gasteiger partial charge in [0.1, 0.15) is 22.6 Å². The minimum Gasteiger partial charge on any atom is -0.496 e.